The van der Waals surface area contributed by atoms with Crippen molar-refractivity contribution in [2.45, 2.75) is 32.4 Å². The number of rotatable bonds is 8. The second kappa shape index (κ2) is 6.33. The van der Waals surface area contributed by atoms with Gasteiger partial charge in [0.15, 0.2) is 5.13 Å². The lowest BCUT2D eigenvalue weighted by molar-refractivity contribution is 0.199. The number of ether oxygens (including phenoxy) is 1. The average molecular weight is 255 g/mol. The molecule has 1 aromatic heterocycles. The summed E-state index contributed by atoms with van der Waals surface area (Å²) in [5.41, 5.74) is 1.14. The van der Waals surface area contributed by atoms with Crippen LogP contribution in [-0.4, -0.2) is 37.8 Å². The molecule has 1 aromatic rings. The molecule has 1 aliphatic carbocycles. The van der Waals surface area contributed by atoms with Gasteiger partial charge in [-0.05, 0) is 19.8 Å². The molecule has 4 nitrogen and oxygen atoms in total. The molecule has 1 saturated carbocycles. The molecule has 0 unspecified atom stereocenters. The molecule has 1 fully saturated rings. The maximum Gasteiger partial charge on any atom is 0.185 e. The van der Waals surface area contributed by atoms with Gasteiger partial charge in [0.1, 0.15) is 0 Å². The van der Waals surface area contributed by atoms with Gasteiger partial charge in [0.25, 0.3) is 0 Å². The van der Waals surface area contributed by atoms with Crippen LogP contribution in [0.25, 0.3) is 0 Å². The molecule has 5 heteroatoms. The van der Waals surface area contributed by atoms with Gasteiger partial charge in [0.05, 0.1) is 12.3 Å². The third-order valence-corrected chi connectivity index (χ3v) is 3.83. The van der Waals surface area contributed by atoms with Crippen molar-refractivity contribution in [3.05, 3.63) is 11.1 Å². The van der Waals surface area contributed by atoms with Gasteiger partial charge in [-0.25, -0.2) is 4.98 Å². The number of thiazole rings is 1. The lowest BCUT2D eigenvalue weighted by Crippen LogP contribution is -2.25. The van der Waals surface area contributed by atoms with Crippen LogP contribution in [0.3, 0.4) is 0 Å². The standard InChI is InChI=1S/C12H21N3OS/c1-3-15(11-4-5-11)12-14-10(9-17-12)8-13-6-7-16-2/h9,11,13H,3-8H2,1-2H3. The summed E-state index contributed by atoms with van der Waals surface area (Å²) in [5, 5.41) is 6.65. The van der Waals surface area contributed by atoms with Gasteiger partial charge in [-0.3, -0.25) is 0 Å². The van der Waals surface area contributed by atoms with Crippen molar-refractivity contribution in [3.63, 3.8) is 0 Å². The summed E-state index contributed by atoms with van der Waals surface area (Å²) >= 11 is 1.76. The molecule has 0 aromatic carbocycles. The number of hydrogen-bond acceptors (Lipinski definition) is 5. The van der Waals surface area contributed by atoms with Crippen molar-refractivity contribution in [2.24, 2.45) is 0 Å². The SMILES string of the molecule is CCN(c1nc(CNCCOC)cs1)C1CC1. The largest absolute Gasteiger partial charge is 0.383 e. The monoisotopic (exact) mass is 255 g/mol. The zero-order valence-corrected chi connectivity index (χ0v) is 11.4. The first-order valence-corrected chi connectivity index (χ1v) is 7.13. The van der Waals surface area contributed by atoms with E-state index in [2.05, 4.69) is 27.5 Å². The lowest BCUT2D eigenvalue weighted by atomic mass is 10.5. The van der Waals surface area contributed by atoms with Gasteiger partial charge in [-0.1, -0.05) is 0 Å². The van der Waals surface area contributed by atoms with Crippen LogP contribution in [0.1, 0.15) is 25.5 Å². The number of methoxy groups -OCH3 is 1. The van der Waals surface area contributed by atoms with E-state index in [1.54, 1.807) is 18.4 Å². The van der Waals surface area contributed by atoms with E-state index < -0.39 is 0 Å². The smallest absolute Gasteiger partial charge is 0.185 e. The lowest BCUT2D eigenvalue weighted by Gasteiger charge is -2.18. The second-order valence-electron chi connectivity index (χ2n) is 4.31. The van der Waals surface area contributed by atoms with E-state index in [0.29, 0.717) is 0 Å². The number of nitrogens with one attached hydrogen (secondary N) is 1. The Kier molecular flexibility index (Phi) is 4.76. The molecule has 0 bridgehead atoms. The molecule has 1 N–H and O–H groups in total. The Bertz CT molecular complexity index is 338. The first-order chi connectivity index (χ1) is 8.35. The maximum atomic E-state index is 4.99. The van der Waals surface area contributed by atoms with Gasteiger partial charge in [-0.2, -0.15) is 0 Å². The van der Waals surface area contributed by atoms with E-state index in [1.807, 2.05) is 0 Å². The molecule has 1 aliphatic rings. The first kappa shape index (κ1) is 12.8. The Morgan fingerprint density at radius 3 is 3.06 bits per heavy atom. The van der Waals surface area contributed by atoms with E-state index in [9.17, 15) is 0 Å². The molecule has 0 amide bonds. The van der Waals surface area contributed by atoms with Crippen LogP contribution in [0.5, 0.6) is 0 Å². The van der Waals surface area contributed by atoms with E-state index in [0.717, 1.165) is 38.0 Å². The van der Waals surface area contributed by atoms with Gasteiger partial charge in [0, 0.05) is 38.2 Å². The van der Waals surface area contributed by atoms with Crippen LogP contribution in [-0.2, 0) is 11.3 Å². The van der Waals surface area contributed by atoms with Crippen LogP contribution in [0.2, 0.25) is 0 Å². The minimum atomic E-state index is 0.750. The molecular weight excluding hydrogens is 234 g/mol. The van der Waals surface area contributed by atoms with E-state index >= 15 is 0 Å². The molecule has 96 valence electrons. The number of nitrogens with zero attached hydrogens (tertiary/aromatic N) is 2. The first-order valence-electron chi connectivity index (χ1n) is 6.25. The predicted molar refractivity (Wildman–Crippen MR) is 71.7 cm³/mol. The Hall–Kier alpha value is -0.650. The predicted octanol–water partition coefficient (Wildman–Crippen LogP) is 1.87. The van der Waals surface area contributed by atoms with Crippen molar-refractivity contribution < 1.29 is 4.74 Å². The van der Waals surface area contributed by atoms with E-state index in [1.165, 1.54) is 18.0 Å². The fraction of sp³-hybridized carbons (Fsp3) is 0.750. The third-order valence-electron chi connectivity index (χ3n) is 2.90. The third kappa shape index (κ3) is 3.66. The topological polar surface area (TPSA) is 37.4 Å². The summed E-state index contributed by atoms with van der Waals surface area (Å²) in [6.07, 6.45) is 2.66. The van der Waals surface area contributed by atoms with Crippen LogP contribution in [0.15, 0.2) is 5.38 Å². The average Bonchev–Trinajstić information content (AvgIpc) is 3.06. The summed E-state index contributed by atoms with van der Waals surface area (Å²) in [6, 6.07) is 0.750. The summed E-state index contributed by atoms with van der Waals surface area (Å²) in [4.78, 5) is 7.10. The van der Waals surface area contributed by atoms with E-state index in [4.69, 9.17) is 4.74 Å². The Balaban J connectivity index is 1.82. The van der Waals surface area contributed by atoms with Crippen LogP contribution < -0.4 is 10.2 Å². The highest BCUT2D eigenvalue weighted by Gasteiger charge is 2.29. The van der Waals surface area contributed by atoms with Crippen molar-refractivity contribution in [3.8, 4) is 0 Å². The van der Waals surface area contributed by atoms with Gasteiger partial charge >= 0.3 is 0 Å². The maximum absolute atomic E-state index is 4.99. The highest BCUT2D eigenvalue weighted by molar-refractivity contribution is 7.13. The molecule has 0 spiro atoms. The Morgan fingerprint density at radius 1 is 1.59 bits per heavy atom. The second-order valence-corrected chi connectivity index (χ2v) is 5.14. The fourth-order valence-electron chi connectivity index (χ4n) is 1.84. The molecule has 2 rings (SSSR count). The summed E-state index contributed by atoms with van der Waals surface area (Å²) in [5.74, 6) is 0. The normalized spacial score (nSPS) is 15.2. The minimum Gasteiger partial charge on any atom is -0.383 e. The van der Waals surface area contributed by atoms with Crippen molar-refractivity contribution in [1.29, 1.82) is 0 Å². The molecule has 0 saturated heterocycles. The molecule has 0 atom stereocenters. The summed E-state index contributed by atoms with van der Waals surface area (Å²) in [6.45, 7) is 5.73. The number of hydrogen-bond donors (Lipinski definition) is 1. The Labute approximate surface area is 107 Å². The van der Waals surface area contributed by atoms with Gasteiger partial charge in [0.2, 0.25) is 0 Å². The molecule has 0 aliphatic heterocycles. The fourth-order valence-corrected chi connectivity index (χ4v) is 2.80. The summed E-state index contributed by atoms with van der Waals surface area (Å²) < 4.78 is 4.99. The highest BCUT2D eigenvalue weighted by Crippen LogP contribution is 2.33. The minimum absolute atomic E-state index is 0.750. The highest BCUT2D eigenvalue weighted by atomic mass is 32.1. The summed E-state index contributed by atoms with van der Waals surface area (Å²) in [7, 11) is 1.72. The number of anilines is 1. The zero-order valence-electron chi connectivity index (χ0n) is 10.6. The van der Waals surface area contributed by atoms with Crippen LogP contribution in [0, 0.1) is 0 Å². The van der Waals surface area contributed by atoms with Crippen molar-refractivity contribution >= 4 is 16.5 Å². The van der Waals surface area contributed by atoms with Gasteiger partial charge in [-0.15, -0.1) is 11.3 Å². The molecular formula is C12H21N3OS. The molecule has 0 radical (unpaired) electrons. The molecule has 17 heavy (non-hydrogen) atoms. The number of aromatic nitrogens is 1. The zero-order chi connectivity index (χ0) is 12.1. The van der Waals surface area contributed by atoms with Crippen molar-refractivity contribution in [2.75, 3.05) is 31.7 Å². The van der Waals surface area contributed by atoms with Crippen LogP contribution >= 0.6 is 11.3 Å². The Morgan fingerprint density at radius 2 is 2.41 bits per heavy atom. The van der Waals surface area contributed by atoms with Crippen molar-refractivity contribution in [1.82, 2.24) is 10.3 Å². The van der Waals surface area contributed by atoms with E-state index in [-0.39, 0.29) is 0 Å². The van der Waals surface area contributed by atoms with Gasteiger partial charge < -0.3 is 15.0 Å². The van der Waals surface area contributed by atoms with Crippen LogP contribution in [0.4, 0.5) is 5.13 Å². The molecule has 1 heterocycles. The quantitative estimate of drug-likeness (QED) is 0.720.